The maximum atomic E-state index is 11.6. The van der Waals surface area contributed by atoms with E-state index in [2.05, 4.69) is 15.3 Å². The number of anilines is 2. The van der Waals surface area contributed by atoms with Gasteiger partial charge in [-0.3, -0.25) is 9.36 Å². The van der Waals surface area contributed by atoms with Gasteiger partial charge in [-0.05, 0) is 37.0 Å². The molecule has 12 nitrogen and oxygen atoms in total. The number of esters is 1. The summed E-state index contributed by atoms with van der Waals surface area (Å²) in [6.07, 6.45) is 1.90. The number of ether oxygens (including phenoxy) is 4. The average molecular weight is 541 g/mol. The third-order valence-corrected chi connectivity index (χ3v) is 6.18. The normalized spacial score (nSPS) is 11.4. The van der Waals surface area contributed by atoms with Crippen LogP contribution < -0.4 is 15.8 Å². The van der Waals surface area contributed by atoms with Crippen molar-refractivity contribution in [1.82, 2.24) is 9.97 Å². The Labute approximate surface area is 217 Å². The van der Waals surface area contributed by atoms with Gasteiger partial charge in [-0.15, -0.1) is 0 Å². The van der Waals surface area contributed by atoms with Crippen molar-refractivity contribution in [3.8, 4) is 5.75 Å². The first-order valence-electron chi connectivity index (χ1n) is 11.9. The third-order valence-electron chi connectivity index (χ3n) is 5.42. The SMILES string of the molecule is COC(=O)Cc1ccc(Cc2c(C)nc(N)nc2NCCOCCCCOCCP(=O)(O)O)c(OC)c1. The highest BCUT2D eigenvalue weighted by Gasteiger charge is 2.15. The average Bonchev–Trinajstić information content (AvgIpc) is 2.84. The number of nitrogens with two attached hydrogens (primary N) is 1. The van der Waals surface area contributed by atoms with E-state index in [9.17, 15) is 9.36 Å². The molecule has 0 atom stereocenters. The van der Waals surface area contributed by atoms with Gasteiger partial charge < -0.3 is 39.8 Å². The number of carbonyl (C=O) groups excluding carboxylic acids is 1. The van der Waals surface area contributed by atoms with Gasteiger partial charge >= 0.3 is 13.6 Å². The van der Waals surface area contributed by atoms with Crippen LogP contribution in [0.5, 0.6) is 5.75 Å². The van der Waals surface area contributed by atoms with Gasteiger partial charge in [0, 0.05) is 37.4 Å². The minimum atomic E-state index is -4.00. The molecule has 2 aromatic rings. The van der Waals surface area contributed by atoms with Crippen molar-refractivity contribution >= 4 is 25.3 Å². The molecule has 2 rings (SSSR count). The largest absolute Gasteiger partial charge is 0.496 e. The monoisotopic (exact) mass is 540 g/mol. The van der Waals surface area contributed by atoms with Crippen molar-refractivity contribution in [2.75, 3.05) is 64.4 Å². The molecule has 0 aliphatic rings. The van der Waals surface area contributed by atoms with Crippen LogP contribution in [0.2, 0.25) is 0 Å². The van der Waals surface area contributed by atoms with Crippen molar-refractivity contribution in [2.45, 2.75) is 32.6 Å². The van der Waals surface area contributed by atoms with Crippen LogP contribution in [-0.2, 0) is 36.4 Å². The molecule has 0 radical (unpaired) electrons. The van der Waals surface area contributed by atoms with Gasteiger partial charge in [-0.2, -0.15) is 4.98 Å². The topological polar surface area (TPSA) is 175 Å². The predicted molar refractivity (Wildman–Crippen MR) is 139 cm³/mol. The first-order chi connectivity index (χ1) is 17.6. The van der Waals surface area contributed by atoms with Gasteiger partial charge in [0.15, 0.2) is 0 Å². The predicted octanol–water partition coefficient (Wildman–Crippen LogP) is 2.09. The summed E-state index contributed by atoms with van der Waals surface area (Å²) in [6.45, 7) is 3.84. The summed E-state index contributed by atoms with van der Waals surface area (Å²) in [5.74, 6) is 1.12. The van der Waals surface area contributed by atoms with E-state index in [0.29, 0.717) is 44.4 Å². The Bertz CT molecular complexity index is 1060. The molecular weight excluding hydrogens is 503 g/mol. The van der Waals surface area contributed by atoms with E-state index in [1.54, 1.807) is 7.11 Å². The zero-order valence-corrected chi connectivity index (χ0v) is 22.5. The van der Waals surface area contributed by atoms with Gasteiger partial charge in [0.1, 0.15) is 11.6 Å². The lowest BCUT2D eigenvalue weighted by atomic mass is 10.0. The highest BCUT2D eigenvalue weighted by atomic mass is 31.2. The number of benzene rings is 1. The number of hydrogen-bond donors (Lipinski definition) is 4. The summed E-state index contributed by atoms with van der Waals surface area (Å²) in [5, 5.41) is 3.27. The smallest absolute Gasteiger partial charge is 0.327 e. The molecule has 0 saturated carbocycles. The zero-order valence-electron chi connectivity index (χ0n) is 21.6. The van der Waals surface area contributed by atoms with E-state index in [0.717, 1.165) is 35.2 Å². The number of nitrogen functional groups attached to an aromatic ring is 1. The number of aromatic nitrogens is 2. The number of methoxy groups -OCH3 is 2. The van der Waals surface area contributed by atoms with Crippen molar-refractivity contribution in [1.29, 1.82) is 0 Å². The van der Waals surface area contributed by atoms with Crippen LogP contribution in [0, 0.1) is 6.92 Å². The van der Waals surface area contributed by atoms with Crippen molar-refractivity contribution in [3.63, 3.8) is 0 Å². The molecule has 0 aliphatic heterocycles. The number of nitrogens with one attached hydrogen (secondary N) is 1. The molecule has 0 bridgehead atoms. The highest BCUT2D eigenvalue weighted by Crippen LogP contribution is 2.33. The molecule has 0 unspecified atom stereocenters. The molecule has 206 valence electrons. The summed E-state index contributed by atoms with van der Waals surface area (Å²) >= 11 is 0. The van der Waals surface area contributed by atoms with Gasteiger partial charge in [0.25, 0.3) is 0 Å². The fourth-order valence-electron chi connectivity index (χ4n) is 3.49. The van der Waals surface area contributed by atoms with Crippen LogP contribution in [0.15, 0.2) is 18.2 Å². The van der Waals surface area contributed by atoms with Crippen molar-refractivity contribution < 1.29 is 38.1 Å². The first-order valence-corrected chi connectivity index (χ1v) is 13.7. The molecule has 0 saturated heterocycles. The second-order valence-electron chi connectivity index (χ2n) is 8.32. The van der Waals surface area contributed by atoms with Gasteiger partial charge in [0.05, 0.1) is 40.0 Å². The van der Waals surface area contributed by atoms with Crippen molar-refractivity contribution in [2.24, 2.45) is 0 Å². The van der Waals surface area contributed by atoms with Crippen LogP contribution in [-0.4, -0.2) is 79.1 Å². The van der Waals surface area contributed by atoms with Crippen LogP contribution in [0.4, 0.5) is 11.8 Å². The van der Waals surface area contributed by atoms with Gasteiger partial charge in [-0.1, -0.05) is 12.1 Å². The Morgan fingerprint density at radius 2 is 1.78 bits per heavy atom. The van der Waals surface area contributed by atoms with Crippen LogP contribution in [0.25, 0.3) is 0 Å². The Balaban J connectivity index is 1.86. The Hall–Kier alpha value is -2.76. The van der Waals surface area contributed by atoms with E-state index in [1.807, 2.05) is 25.1 Å². The molecule has 0 fully saturated rings. The second-order valence-corrected chi connectivity index (χ2v) is 10.1. The van der Waals surface area contributed by atoms with Crippen LogP contribution in [0.3, 0.4) is 0 Å². The summed E-state index contributed by atoms with van der Waals surface area (Å²) in [5.41, 5.74) is 9.21. The number of rotatable bonds is 17. The lowest BCUT2D eigenvalue weighted by molar-refractivity contribution is -0.139. The molecule has 0 amide bonds. The first kappa shape index (κ1) is 30.5. The zero-order chi connectivity index (χ0) is 27.3. The lowest BCUT2D eigenvalue weighted by Crippen LogP contribution is -2.15. The minimum absolute atomic E-state index is 0.0440. The molecule has 0 spiro atoms. The maximum absolute atomic E-state index is 11.6. The molecule has 5 N–H and O–H groups in total. The van der Waals surface area contributed by atoms with Crippen LogP contribution >= 0.6 is 7.60 Å². The number of hydrogen-bond acceptors (Lipinski definition) is 10. The molecule has 1 aromatic carbocycles. The summed E-state index contributed by atoms with van der Waals surface area (Å²) in [4.78, 5) is 37.8. The van der Waals surface area contributed by atoms with E-state index in [1.165, 1.54) is 7.11 Å². The molecule has 1 heterocycles. The van der Waals surface area contributed by atoms with E-state index in [4.69, 9.17) is 34.5 Å². The summed E-state index contributed by atoms with van der Waals surface area (Å²) < 4.78 is 31.9. The maximum Gasteiger partial charge on any atom is 0.327 e. The van der Waals surface area contributed by atoms with Gasteiger partial charge in [-0.25, -0.2) is 4.98 Å². The number of nitrogens with zero attached hydrogens (tertiary/aromatic N) is 2. The van der Waals surface area contributed by atoms with Crippen molar-refractivity contribution in [3.05, 3.63) is 40.6 Å². The fourth-order valence-corrected chi connectivity index (χ4v) is 3.85. The van der Waals surface area contributed by atoms with E-state index < -0.39 is 7.60 Å². The fraction of sp³-hybridized carbons (Fsp3) is 0.542. The Morgan fingerprint density at radius 3 is 2.43 bits per heavy atom. The summed E-state index contributed by atoms with van der Waals surface area (Å²) in [7, 11) is -1.07. The molecule has 37 heavy (non-hydrogen) atoms. The minimum Gasteiger partial charge on any atom is -0.496 e. The Kier molecular flexibility index (Phi) is 12.7. The Morgan fingerprint density at radius 1 is 1.08 bits per heavy atom. The molecule has 1 aromatic heterocycles. The van der Waals surface area contributed by atoms with Crippen LogP contribution in [0.1, 0.15) is 35.2 Å². The highest BCUT2D eigenvalue weighted by molar-refractivity contribution is 7.51. The van der Waals surface area contributed by atoms with E-state index >= 15 is 0 Å². The number of aryl methyl sites for hydroxylation is 1. The quantitative estimate of drug-likeness (QED) is 0.131. The molecule has 13 heteroatoms. The molecule has 0 aliphatic carbocycles. The number of carbonyl (C=O) groups is 1. The molecular formula is C24H37N4O8P. The third kappa shape index (κ3) is 11.4. The standard InChI is InChI=1S/C24H37N4O8P/c1-17-20(16-19-7-6-18(14-21(19)33-2)15-22(29)34-3)23(28-24(25)27-17)26-8-11-35-9-4-5-10-36-12-13-37(30,31)32/h6-7,14H,4-5,8-13,15-16H2,1-3H3,(H2,30,31,32)(H3,25,26,27,28). The second kappa shape index (κ2) is 15.5. The van der Waals surface area contributed by atoms with E-state index in [-0.39, 0.29) is 31.1 Å². The van der Waals surface area contributed by atoms with Gasteiger partial charge in [0.2, 0.25) is 5.95 Å². The summed E-state index contributed by atoms with van der Waals surface area (Å²) in [6, 6.07) is 5.60. The lowest BCUT2D eigenvalue weighted by Gasteiger charge is -2.16. The number of unbranched alkanes of at least 4 members (excludes halogenated alkanes) is 1.